The third kappa shape index (κ3) is 5.51. The number of sulfone groups is 1. The van der Waals surface area contributed by atoms with Crippen LogP contribution in [0.3, 0.4) is 0 Å². The Bertz CT molecular complexity index is 440. The van der Waals surface area contributed by atoms with E-state index in [9.17, 15) is 8.42 Å². The highest BCUT2D eigenvalue weighted by Gasteiger charge is 2.07. The monoisotopic (exact) mass is 271 g/mol. The highest BCUT2D eigenvalue weighted by Crippen LogP contribution is 2.10. The third-order valence-electron chi connectivity index (χ3n) is 2.59. The zero-order chi connectivity index (χ0) is 13.4. The first-order valence-corrected chi connectivity index (χ1v) is 7.93. The van der Waals surface area contributed by atoms with Gasteiger partial charge >= 0.3 is 0 Å². The van der Waals surface area contributed by atoms with Gasteiger partial charge in [-0.1, -0.05) is 19.1 Å². The van der Waals surface area contributed by atoms with Gasteiger partial charge in [0.05, 0.1) is 12.9 Å². The fourth-order valence-electron chi connectivity index (χ4n) is 1.62. The van der Waals surface area contributed by atoms with E-state index in [1.807, 2.05) is 31.2 Å². The number of hydrogen-bond donors (Lipinski definition) is 1. The van der Waals surface area contributed by atoms with Crippen LogP contribution >= 0.6 is 0 Å². The van der Waals surface area contributed by atoms with Gasteiger partial charge in [0.15, 0.2) is 9.84 Å². The summed E-state index contributed by atoms with van der Waals surface area (Å²) in [7, 11) is -1.25. The minimum absolute atomic E-state index is 0.205. The van der Waals surface area contributed by atoms with Crippen LogP contribution in [-0.2, 0) is 16.4 Å². The first-order chi connectivity index (χ1) is 8.57. The standard InChI is InChI=1S/C13H21NO3S/c1-3-9-18(15,16)10-8-14-11-12-4-6-13(17-2)7-5-12/h4-7,14H,3,8-11H2,1-2H3. The van der Waals surface area contributed by atoms with Gasteiger partial charge in [0.2, 0.25) is 0 Å². The molecule has 0 saturated heterocycles. The van der Waals surface area contributed by atoms with Gasteiger partial charge in [-0.25, -0.2) is 8.42 Å². The predicted octanol–water partition coefficient (Wildman–Crippen LogP) is 1.61. The first-order valence-electron chi connectivity index (χ1n) is 6.11. The van der Waals surface area contributed by atoms with E-state index in [1.165, 1.54) is 0 Å². The molecule has 0 spiro atoms. The van der Waals surface area contributed by atoms with Crippen LogP contribution in [0.2, 0.25) is 0 Å². The zero-order valence-electron chi connectivity index (χ0n) is 11.0. The number of nitrogens with one attached hydrogen (secondary N) is 1. The van der Waals surface area contributed by atoms with E-state index < -0.39 is 9.84 Å². The van der Waals surface area contributed by atoms with Crippen molar-refractivity contribution in [3.8, 4) is 5.75 Å². The maximum atomic E-state index is 11.5. The van der Waals surface area contributed by atoms with Crippen LogP contribution in [0, 0.1) is 0 Å². The molecule has 0 unspecified atom stereocenters. The first kappa shape index (κ1) is 15.0. The highest BCUT2D eigenvalue weighted by atomic mass is 32.2. The third-order valence-corrected chi connectivity index (χ3v) is 4.45. The van der Waals surface area contributed by atoms with E-state index in [0.29, 0.717) is 19.5 Å². The summed E-state index contributed by atoms with van der Waals surface area (Å²) in [6.45, 7) is 3.04. The van der Waals surface area contributed by atoms with Crippen molar-refractivity contribution >= 4 is 9.84 Å². The molecule has 4 nitrogen and oxygen atoms in total. The average molecular weight is 271 g/mol. The fourth-order valence-corrected chi connectivity index (χ4v) is 2.90. The van der Waals surface area contributed by atoms with Gasteiger partial charge in [-0.3, -0.25) is 0 Å². The van der Waals surface area contributed by atoms with Gasteiger partial charge in [-0.15, -0.1) is 0 Å². The van der Waals surface area contributed by atoms with Crippen LogP contribution in [0.1, 0.15) is 18.9 Å². The van der Waals surface area contributed by atoms with Crippen molar-refractivity contribution in [1.29, 1.82) is 0 Å². The molecule has 1 aromatic rings. The maximum absolute atomic E-state index is 11.5. The molecule has 0 aliphatic carbocycles. The van der Waals surface area contributed by atoms with E-state index in [-0.39, 0.29) is 11.5 Å². The quantitative estimate of drug-likeness (QED) is 0.730. The molecule has 0 bridgehead atoms. The molecule has 18 heavy (non-hydrogen) atoms. The average Bonchev–Trinajstić information content (AvgIpc) is 2.35. The lowest BCUT2D eigenvalue weighted by atomic mass is 10.2. The summed E-state index contributed by atoms with van der Waals surface area (Å²) >= 11 is 0. The van der Waals surface area contributed by atoms with Crippen molar-refractivity contribution in [2.75, 3.05) is 25.2 Å². The van der Waals surface area contributed by atoms with Crippen LogP contribution in [0.15, 0.2) is 24.3 Å². The van der Waals surface area contributed by atoms with E-state index in [0.717, 1.165) is 11.3 Å². The Morgan fingerprint density at radius 3 is 2.39 bits per heavy atom. The van der Waals surface area contributed by atoms with E-state index in [4.69, 9.17) is 4.74 Å². The molecule has 0 heterocycles. The minimum atomic E-state index is -2.88. The molecule has 5 heteroatoms. The molecule has 1 N–H and O–H groups in total. The Morgan fingerprint density at radius 1 is 1.17 bits per heavy atom. The molecule has 1 aromatic carbocycles. The minimum Gasteiger partial charge on any atom is -0.497 e. The number of hydrogen-bond acceptors (Lipinski definition) is 4. The van der Waals surface area contributed by atoms with Crippen molar-refractivity contribution < 1.29 is 13.2 Å². The van der Waals surface area contributed by atoms with Crippen LogP contribution in [-0.4, -0.2) is 33.6 Å². The topological polar surface area (TPSA) is 55.4 Å². The van der Waals surface area contributed by atoms with E-state index in [1.54, 1.807) is 7.11 Å². The molecule has 1 rings (SSSR count). The molecule has 0 saturated carbocycles. The van der Waals surface area contributed by atoms with Gasteiger partial charge < -0.3 is 10.1 Å². The molecule has 0 radical (unpaired) electrons. The van der Waals surface area contributed by atoms with Crippen molar-refractivity contribution in [3.63, 3.8) is 0 Å². The van der Waals surface area contributed by atoms with Crippen molar-refractivity contribution in [2.45, 2.75) is 19.9 Å². The van der Waals surface area contributed by atoms with Crippen molar-refractivity contribution in [3.05, 3.63) is 29.8 Å². The van der Waals surface area contributed by atoms with Gasteiger partial charge in [0.1, 0.15) is 5.75 Å². The second kappa shape index (κ2) is 7.38. The van der Waals surface area contributed by atoms with Gasteiger partial charge in [0, 0.05) is 18.8 Å². The van der Waals surface area contributed by atoms with E-state index in [2.05, 4.69) is 5.32 Å². The Labute approximate surface area is 109 Å². The van der Waals surface area contributed by atoms with E-state index >= 15 is 0 Å². The highest BCUT2D eigenvalue weighted by molar-refractivity contribution is 7.91. The number of methoxy groups -OCH3 is 1. The molecule has 0 aliphatic heterocycles. The Morgan fingerprint density at radius 2 is 1.83 bits per heavy atom. The largest absolute Gasteiger partial charge is 0.497 e. The Kier molecular flexibility index (Phi) is 6.15. The summed E-state index contributed by atoms with van der Waals surface area (Å²) in [5.74, 6) is 1.30. The summed E-state index contributed by atoms with van der Waals surface area (Å²) in [5.41, 5.74) is 1.11. The van der Waals surface area contributed by atoms with Crippen LogP contribution < -0.4 is 10.1 Å². The second-order valence-corrected chi connectivity index (χ2v) is 6.48. The summed E-state index contributed by atoms with van der Waals surface area (Å²) < 4.78 is 28.0. The summed E-state index contributed by atoms with van der Waals surface area (Å²) in [6, 6.07) is 7.72. The fraction of sp³-hybridized carbons (Fsp3) is 0.538. The van der Waals surface area contributed by atoms with Crippen LogP contribution in [0.4, 0.5) is 0 Å². The second-order valence-electron chi connectivity index (χ2n) is 4.18. The molecule has 0 fully saturated rings. The van der Waals surface area contributed by atoms with Crippen molar-refractivity contribution in [1.82, 2.24) is 5.32 Å². The summed E-state index contributed by atoms with van der Waals surface area (Å²) in [5, 5.41) is 3.13. The summed E-state index contributed by atoms with van der Waals surface area (Å²) in [4.78, 5) is 0. The number of ether oxygens (including phenoxy) is 1. The number of rotatable bonds is 8. The van der Waals surface area contributed by atoms with Crippen LogP contribution in [0.25, 0.3) is 0 Å². The molecule has 0 aliphatic rings. The summed E-state index contributed by atoms with van der Waals surface area (Å²) in [6.07, 6.45) is 0.681. The van der Waals surface area contributed by atoms with Gasteiger partial charge in [-0.05, 0) is 24.1 Å². The lowest BCUT2D eigenvalue weighted by Crippen LogP contribution is -2.24. The maximum Gasteiger partial charge on any atom is 0.151 e. The Hall–Kier alpha value is -1.07. The lowest BCUT2D eigenvalue weighted by molar-refractivity contribution is 0.414. The lowest BCUT2D eigenvalue weighted by Gasteiger charge is -2.06. The normalized spacial score (nSPS) is 11.4. The number of benzene rings is 1. The zero-order valence-corrected chi connectivity index (χ0v) is 11.8. The molecular formula is C13H21NO3S. The predicted molar refractivity (Wildman–Crippen MR) is 73.6 cm³/mol. The molecule has 0 atom stereocenters. The molecule has 0 aromatic heterocycles. The smallest absolute Gasteiger partial charge is 0.151 e. The SMILES string of the molecule is CCCS(=O)(=O)CCNCc1ccc(OC)cc1. The Balaban J connectivity index is 2.29. The molecule has 102 valence electrons. The van der Waals surface area contributed by atoms with Crippen LogP contribution in [0.5, 0.6) is 5.75 Å². The van der Waals surface area contributed by atoms with Gasteiger partial charge in [0.25, 0.3) is 0 Å². The molecular weight excluding hydrogens is 250 g/mol. The van der Waals surface area contributed by atoms with Crippen molar-refractivity contribution in [2.24, 2.45) is 0 Å². The van der Waals surface area contributed by atoms with Gasteiger partial charge in [-0.2, -0.15) is 0 Å². The molecule has 0 amide bonds.